The standard InChI is InChI=1S/2C8H18/c1-7(2)6-8(3,4)5;1-6-8(4,5)7(2)3/h2*7H,6H2,1-5H3. The van der Waals surface area contributed by atoms with Gasteiger partial charge in [-0.1, -0.05) is 75.7 Å². The summed E-state index contributed by atoms with van der Waals surface area (Å²) in [5.41, 5.74) is 1.06. The second-order valence-electron chi connectivity index (χ2n) is 7.66. The largest absolute Gasteiger partial charge is 0.0649 e. The summed E-state index contributed by atoms with van der Waals surface area (Å²) in [6.45, 7) is 22.8. The van der Waals surface area contributed by atoms with E-state index in [1.807, 2.05) is 0 Å². The molecule has 0 aromatic heterocycles. The van der Waals surface area contributed by atoms with Crippen molar-refractivity contribution in [2.45, 2.75) is 82.1 Å². The van der Waals surface area contributed by atoms with Crippen LogP contribution in [0.1, 0.15) is 82.1 Å². The Morgan fingerprint density at radius 2 is 1.19 bits per heavy atom. The minimum absolute atomic E-state index is 0.522. The third-order valence-electron chi connectivity index (χ3n) is 3.49. The van der Waals surface area contributed by atoms with E-state index >= 15 is 0 Å². The van der Waals surface area contributed by atoms with Crippen molar-refractivity contribution in [1.29, 1.82) is 0 Å². The van der Waals surface area contributed by atoms with Crippen molar-refractivity contribution in [1.82, 2.24) is 0 Å². The molecule has 0 amide bonds. The summed E-state index contributed by atoms with van der Waals surface area (Å²) < 4.78 is 0. The minimum Gasteiger partial charge on any atom is -0.0649 e. The third-order valence-corrected chi connectivity index (χ3v) is 3.49. The molecule has 0 aliphatic carbocycles. The van der Waals surface area contributed by atoms with Gasteiger partial charge in [0.25, 0.3) is 0 Å². The highest BCUT2D eigenvalue weighted by Crippen LogP contribution is 2.28. The fourth-order valence-electron chi connectivity index (χ4n) is 1.63. The smallest absolute Gasteiger partial charge is 0.0334 e. The summed E-state index contributed by atoms with van der Waals surface area (Å²) in [6, 6.07) is 0. The second-order valence-corrected chi connectivity index (χ2v) is 7.66. The van der Waals surface area contributed by atoms with Crippen LogP contribution in [0.4, 0.5) is 0 Å². The molecule has 0 spiro atoms. The predicted octanol–water partition coefficient (Wildman–Crippen LogP) is 6.16. The van der Waals surface area contributed by atoms with Gasteiger partial charge in [0.1, 0.15) is 0 Å². The van der Waals surface area contributed by atoms with E-state index in [1.165, 1.54) is 12.8 Å². The molecule has 0 N–H and O–H groups in total. The van der Waals surface area contributed by atoms with Crippen molar-refractivity contribution in [3.8, 4) is 0 Å². The molecule has 0 atom stereocenters. The van der Waals surface area contributed by atoms with E-state index in [-0.39, 0.29) is 0 Å². The molecule has 100 valence electrons. The van der Waals surface area contributed by atoms with Crippen molar-refractivity contribution < 1.29 is 0 Å². The lowest BCUT2D eigenvalue weighted by atomic mass is 9.79. The summed E-state index contributed by atoms with van der Waals surface area (Å²) in [5.74, 6) is 1.66. The van der Waals surface area contributed by atoms with Gasteiger partial charge in [-0.3, -0.25) is 0 Å². The van der Waals surface area contributed by atoms with Gasteiger partial charge in [-0.25, -0.2) is 0 Å². The maximum absolute atomic E-state index is 2.32. The molecule has 0 aliphatic heterocycles. The van der Waals surface area contributed by atoms with E-state index in [1.54, 1.807) is 0 Å². The molecule has 16 heavy (non-hydrogen) atoms. The molecular weight excluding hydrogens is 192 g/mol. The van der Waals surface area contributed by atoms with Crippen LogP contribution in [0.2, 0.25) is 0 Å². The van der Waals surface area contributed by atoms with Crippen LogP contribution >= 0.6 is 0 Å². The lowest BCUT2D eigenvalue weighted by molar-refractivity contribution is 0.240. The van der Waals surface area contributed by atoms with Gasteiger partial charge in [0.2, 0.25) is 0 Å². The van der Waals surface area contributed by atoms with Gasteiger partial charge in [0.15, 0.2) is 0 Å². The zero-order valence-corrected chi connectivity index (χ0v) is 13.6. The molecule has 0 aromatic rings. The topological polar surface area (TPSA) is 0 Å². The van der Waals surface area contributed by atoms with Crippen molar-refractivity contribution >= 4 is 0 Å². The van der Waals surface area contributed by atoms with Gasteiger partial charge >= 0.3 is 0 Å². The number of rotatable bonds is 3. The fraction of sp³-hybridized carbons (Fsp3) is 1.00. The highest BCUT2D eigenvalue weighted by Gasteiger charge is 2.18. The Balaban J connectivity index is 0. The molecule has 0 unspecified atom stereocenters. The molecule has 0 heterocycles. The first-order valence-electron chi connectivity index (χ1n) is 6.92. The molecule has 0 heteroatoms. The average Bonchev–Trinajstić information content (AvgIpc) is 2.00. The summed E-state index contributed by atoms with van der Waals surface area (Å²) in [4.78, 5) is 0. The Labute approximate surface area is 105 Å². The van der Waals surface area contributed by atoms with Gasteiger partial charge in [-0.2, -0.15) is 0 Å². The average molecular weight is 228 g/mol. The quantitative estimate of drug-likeness (QED) is 0.543. The molecular formula is C16H36. The van der Waals surface area contributed by atoms with Crippen LogP contribution in [-0.2, 0) is 0 Å². The normalized spacial score (nSPS) is 12.8. The Morgan fingerprint density at radius 3 is 1.19 bits per heavy atom. The first-order chi connectivity index (χ1) is 6.92. The number of hydrogen-bond donors (Lipinski definition) is 0. The summed E-state index contributed by atoms with van der Waals surface area (Å²) in [5, 5.41) is 0. The van der Waals surface area contributed by atoms with E-state index in [0.29, 0.717) is 10.8 Å². The summed E-state index contributed by atoms with van der Waals surface area (Å²) in [6.07, 6.45) is 2.61. The molecule has 0 bridgehead atoms. The Hall–Kier alpha value is 0. The van der Waals surface area contributed by atoms with E-state index in [2.05, 4.69) is 69.2 Å². The van der Waals surface area contributed by atoms with Crippen LogP contribution in [0.15, 0.2) is 0 Å². The molecule has 0 nitrogen and oxygen atoms in total. The van der Waals surface area contributed by atoms with Crippen LogP contribution < -0.4 is 0 Å². The molecule has 0 aliphatic rings. The van der Waals surface area contributed by atoms with Gasteiger partial charge in [0, 0.05) is 0 Å². The molecule has 0 radical (unpaired) electrons. The third kappa shape index (κ3) is 12.1. The SMILES string of the molecule is CC(C)CC(C)(C)C.CCC(C)(C)C(C)C. The van der Waals surface area contributed by atoms with Crippen molar-refractivity contribution in [2.75, 3.05) is 0 Å². The molecule has 0 fully saturated rings. The van der Waals surface area contributed by atoms with E-state index in [4.69, 9.17) is 0 Å². The van der Waals surface area contributed by atoms with Gasteiger partial charge in [-0.05, 0) is 29.1 Å². The van der Waals surface area contributed by atoms with Gasteiger partial charge in [0.05, 0.1) is 0 Å². The van der Waals surface area contributed by atoms with Crippen molar-refractivity contribution in [2.24, 2.45) is 22.7 Å². The van der Waals surface area contributed by atoms with Crippen LogP contribution in [0, 0.1) is 22.7 Å². The van der Waals surface area contributed by atoms with E-state index < -0.39 is 0 Å². The first kappa shape index (κ1) is 18.4. The van der Waals surface area contributed by atoms with Crippen LogP contribution in [0.25, 0.3) is 0 Å². The van der Waals surface area contributed by atoms with Crippen LogP contribution in [0.5, 0.6) is 0 Å². The monoisotopic (exact) mass is 228 g/mol. The zero-order valence-electron chi connectivity index (χ0n) is 13.6. The lowest BCUT2D eigenvalue weighted by Crippen LogP contribution is -2.17. The Bertz CT molecular complexity index is 155. The van der Waals surface area contributed by atoms with Gasteiger partial charge in [-0.15, -0.1) is 0 Å². The maximum atomic E-state index is 2.32. The fourth-order valence-corrected chi connectivity index (χ4v) is 1.63. The van der Waals surface area contributed by atoms with Gasteiger partial charge < -0.3 is 0 Å². The van der Waals surface area contributed by atoms with E-state index in [9.17, 15) is 0 Å². The molecule has 0 saturated carbocycles. The van der Waals surface area contributed by atoms with Crippen molar-refractivity contribution in [3.05, 3.63) is 0 Å². The second kappa shape index (κ2) is 7.35. The van der Waals surface area contributed by atoms with Crippen molar-refractivity contribution in [3.63, 3.8) is 0 Å². The minimum atomic E-state index is 0.522. The van der Waals surface area contributed by atoms with E-state index in [0.717, 1.165) is 11.8 Å². The maximum Gasteiger partial charge on any atom is -0.0334 e. The Morgan fingerprint density at radius 1 is 0.812 bits per heavy atom. The lowest BCUT2D eigenvalue weighted by Gasteiger charge is -2.27. The van der Waals surface area contributed by atoms with Crippen LogP contribution in [0.3, 0.4) is 0 Å². The molecule has 0 aromatic carbocycles. The highest BCUT2D eigenvalue weighted by molar-refractivity contribution is 4.69. The highest BCUT2D eigenvalue weighted by atomic mass is 14.2. The van der Waals surface area contributed by atoms with Crippen LogP contribution in [-0.4, -0.2) is 0 Å². The zero-order chi connectivity index (χ0) is 13.6. The molecule has 0 saturated heterocycles. The number of hydrogen-bond acceptors (Lipinski definition) is 0. The summed E-state index contributed by atoms with van der Waals surface area (Å²) >= 11 is 0. The first-order valence-corrected chi connectivity index (χ1v) is 6.92. The summed E-state index contributed by atoms with van der Waals surface area (Å²) in [7, 11) is 0. The Kier molecular flexibility index (Phi) is 8.44. The molecule has 0 rings (SSSR count). The predicted molar refractivity (Wildman–Crippen MR) is 77.8 cm³/mol.